The summed E-state index contributed by atoms with van der Waals surface area (Å²) >= 11 is 0. The van der Waals surface area contributed by atoms with E-state index in [1.165, 1.54) is 18.9 Å². The van der Waals surface area contributed by atoms with Crippen molar-refractivity contribution in [2.45, 2.75) is 13.0 Å². The molecule has 2 unspecified atom stereocenters. The first-order valence-electron chi connectivity index (χ1n) is 4.97. The van der Waals surface area contributed by atoms with Crippen molar-refractivity contribution in [2.75, 3.05) is 26.9 Å². The molecule has 0 radical (unpaired) electrons. The van der Waals surface area contributed by atoms with Gasteiger partial charge in [0.15, 0.2) is 6.04 Å². The summed E-state index contributed by atoms with van der Waals surface area (Å²) < 4.78 is 9.71. The van der Waals surface area contributed by atoms with E-state index in [2.05, 4.69) is 4.74 Å². The molecule has 0 saturated carbocycles. The molecule has 88 valence electrons. The van der Waals surface area contributed by atoms with E-state index in [-0.39, 0.29) is 12.5 Å². The maximum atomic E-state index is 11.8. The second kappa shape index (κ2) is 5.47. The van der Waals surface area contributed by atoms with E-state index < -0.39 is 17.9 Å². The highest BCUT2D eigenvalue weighted by molar-refractivity contribution is 5.87. The van der Waals surface area contributed by atoms with Crippen LogP contribution in [0.5, 0.6) is 0 Å². The van der Waals surface area contributed by atoms with Crippen molar-refractivity contribution in [2.24, 2.45) is 5.92 Å². The van der Waals surface area contributed by atoms with Gasteiger partial charge in [0.1, 0.15) is 5.92 Å². The molecule has 0 N–H and O–H groups in total. The Labute approximate surface area is 93.7 Å². The molecule has 16 heavy (non-hydrogen) atoms. The van der Waals surface area contributed by atoms with Crippen LogP contribution in [0.2, 0.25) is 0 Å². The molecule has 0 aliphatic carbocycles. The molecule has 1 aliphatic rings. The molecule has 0 bridgehead atoms. The Balaban J connectivity index is 2.78. The normalized spacial score (nSPS) is 22.1. The SMILES string of the molecule is COC(=O)C1COCCN1C(=O)C(C)C#N. The zero-order chi connectivity index (χ0) is 12.1. The maximum absolute atomic E-state index is 11.8. The highest BCUT2D eigenvalue weighted by Gasteiger charge is 2.35. The lowest BCUT2D eigenvalue weighted by atomic mass is 10.1. The maximum Gasteiger partial charge on any atom is 0.331 e. The van der Waals surface area contributed by atoms with Crippen LogP contribution in [-0.2, 0) is 19.1 Å². The largest absolute Gasteiger partial charge is 0.467 e. The average Bonchev–Trinajstić information content (AvgIpc) is 2.35. The highest BCUT2D eigenvalue weighted by atomic mass is 16.5. The van der Waals surface area contributed by atoms with Gasteiger partial charge in [-0.05, 0) is 6.92 Å². The monoisotopic (exact) mass is 226 g/mol. The van der Waals surface area contributed by atoms with E-state index in [4.69, 9.17) is 10.00 Å². The van der Waals surface area contributed by atoms with E-state index in [0.29, 0.717) is 13.2 Å². The lowest BCUT2D eigenvalue weighted by molar-refractivity contribution is -0.161. The third-order valence-corrected chi connectivity index (χ3v) is 2.45. The Morgan fingerprint density at radius 1 is 1.62 bits per heavy atom. The predicted octanol–water partition coefficient (Wildman–Crippen LogP) is -0.454. The van der Waals surface area contributed by atoms with Crippen LogP contribution in [-0.4, -0.2) is 49.7 Å². The summed E-state index contributed by atoms with van der Waals surface area (Å²) in [5, 5.41) is 8.67. The molecule has 2 atom stereocenters. The molecule has 0 spiro atoms. The summed E-state index contributed by atoms with van der Waals surface area (Å²) in [4.78, 5) is 24.6. The number of esters is 1. The van der Waals surface area contributed by atoms with Crippen molar-refractivity contribution in [1.29, 1.82) is 5.26 Å². The lowest BCUT2D eigenvalue weighted by Gasteiger charge is -2.34. The van der Waals surface area contributed by atoms with Crippen LogP contribution < -0.4 is 0 Å². The number of rotatable bonds is 2. The van der Waals surface area contributed by atoms with Crippen LogP contribution in [0.4, 0.5) is 0 Å². The summed E-state index contributed by atoms with van der Waals surface area (Å²) in [6, 6.07) is 1.12. The molecule has 1 aliphatic heterocycles. The minimum absolute atomic E-state index is 0.122. The number of hydrogen-bond donors (Lipinski definition) is 0. The van der Waals surface area contributed by atoms with Crippen molar-refractivity contribution in [1.82, 2.24) is 4.90 Å². The fourth-order valence-corrected chi connectivity index (χ4v) is 1.50. The van der Waals surface area contributed by atoms with E-state index >= 15 is 0 Å². The van der Waals surface area contributed by atoms with Crippen LogP contribution >= 0.6 is 0 Å². The minimum Gasteiger partial charge on any atom is -0.467 e. The van der Waals surface area contributed by atoms with E-state index in [1.54, 1.807) is 0 Å². The standard InChI is InChI=1S/C10H14N2O4/c1-7(5-11)9(13)12-3-4-16-6-8(12)10(14)15-2/h7-8H,3-4,6H2,1-2H3. The van der Waals surface area contributed by atoms with Crippen LogP contribution in [0.3, 0.4) is 0 Å². The number of methoxy groups -OCH3 is 1. The zero-order valence-electron chi connectivity index (χ0n) is 9.30. The van der Waals surface area contributed by atoms with Gasteiger partial charge in [0.2, 0.25) is 5.91 Å². The van der Waals surface area contributed by atoms with Crippen molar-refractivity contribution >= 4 is 11.9 Å². The minimum atomic E-state index is -0.759. The van der Waals surface area contributed by atoms with E-state index in [9.17, 15) is 9.59 Å². The lowest BCUT2D eigenvalue weighted by Crippen LogP contribution is -2.54. The Bertz CT molecular complexity index is 323. The fraction of sp³-hybridized carbons (Fsp3) is 0.700. The second-order valence-corrected chi connectivity index (χ2v) is 3.50. The quantitative estimate of drug-likeness (QED) is 0.595. The van der Waals surface area contributed by atoms with Gasteiger partial charge >= 0.3 is 5.97 Å². The zero-order valence-corrected chi connectivity index (χ0v) is 9.30. The molecule has 6 nitrogen and oxygen atoms in total. The summed E-state index contributed by atoms with van der Waals surface area (Å²) in [5.74, 6) is -1.63. The first-order valence-corrected chi connectivity index (χ1v) is 4.97. The van der Waals surface area contributed by atoms with Gasteiger partial charge in [-0.1, -0.05) is 0 Å². The van der Waals surface area contributed by atoms with Gasteiger partial charge in [-0.2, -0.15) is 5.26 Å². The number of nitriles is 1. The number of amides is 1. The van der Waals surface area contributed by atoms with E-state index in [1.807, 2.05) is 6.07 Å². The number of morpholine rings is 1. The molecular weight excluding hydrogens is 212 g/mol. The Hall–Kier alpha value is -1.61. The smallest absolute Gasteiger partial charge is 0.331 e. The summed E-state index contributed by atoms with van der Waals surface area (Å²) in [6.45, 7) is 2.31. The summed E-state index contributed by atoms with van der Waals surface area (Å²) in [7, 11) is 1.26. The Morgan fingerprint density at radius 3 is 2.88 bits per heavy atom. The first-order chi connectivity index (χ1) is 7.61. The van der Waals surface area contributed by atoms with Gasteiger partial charge in [0, 0.05) is 6.54 Å². The van der Waals surface area contributed by atoms with Gasteiger partial charge in [-0.3, -0.25) is 4.79 Å². The van der Waals surface area contributed by atoms with Gasteiger partial charge in [-0.25, -0.2) is 4.79 Å². The molecule has 0 aromatic carbocycles. The second-order valence-electron chi connectivity index (χ2n) is 3.50. The van der Waals surface area contributed by atoms with Crippen LogP contribution in [0, 0.1) is 17.2 Å². The van der Waals surface area contributed by atoms with Crippen LogP contribution in [0.25, 0.3) is 0 Å². The molecule has 1 amide bonds. The van der Waals surface area contributed by atoms with Gasteiger partial charge in [0.05, 0.1) is 26.4 Å². The van der Waals surface area contributed by atoms with Gasteiger partial charge in [0.25, 0.3) is 0 Å². The molecule has 1 saturated heterocycles. The highest BCUT2D eigenvalue weighted by Crippen LogP contribution is 2.12. The van der Waals surface area contributed by atoms with Gasteiger partial charge < -0.3 is 14.4 Å². The first kappa shape index (κ1) is 12.5. The molecule has 6 heteroatoms. The summed E-state index contributed by atoms with van der Waals surface area (Å²) in [5.41, 5.74) is 0. The molecule has 0 aromatic rings. The molecular formula is C10H14N2O4. The van der Waals surface area contributed by atoms with Crippen molar-refractivity contribution < 1.29 is 19.1 Å². The Morgan fingerprint density at radius 2 is 2.31 bits per heavy atom. The van der Waals surface area contributed by atoms with Crippen molar-refractivity contribution in [3.63, 3.8) is 0 Å². The number of hydrogen-bond acceptors (Lipinski definition) is 5. The topological polar surface area (TPSA) is 79.6 Å². The van der Waals surface area contributed by atoms with Crippen LogP contribution in [0.15, 0.2) is 0 Å². The van der Waals surface area contributed by atoms with Crippen molar-refractivity contribution in [3.8, 4) is 6.07 Å². The molecule has 0 aromatic heterocycles. The predicted molar refractivity (Wildman–Crippen MR) is 53.1 cm³/mol. The van der Waals surface area contributed by atoms with Crippen molar-refractivity contribution in [3.05, 3.63) is 0 Å². The Kier molecular flexibility index (Phi) is 4.26. The third-order valence-electron chi connectivity index (χ3n) is 2.45. The molecule has 1 heterocycles. The number of carbonyl (C=O) groups excluding carboxylic acids is 2. The number of ether oxygens (including phenoxy) is 2. The van der Waals surface area contributed by atoms with Gasteiger partial charge in [-0.15, -0.1) is 0 Å². The summed E-state index contributed by atoms with van der Waals surface area (Å²) in [6.07, 6.45) is 0. The number of nitrogens with zero attached hydrogens (tertiary/aromatic N) is 2. The number of carbonyl (C=O) groups is 2. The van der Waals surface area contributed by atoms with E-state index in [0.717, 1.165) is 0 Å². The van der Waals surface area contributed by atoms with Crippen LogP contribution in [0.1, 0.15) is 6.92 Å². The average molecular weight is 226 g/mol. The third kappa shape index (κ3) is 2.49. The molecule has 1 fully saturated rings. The molecule has 1 rings (SSSR count). The fourth-order valence-electron chi connectivity index (χ4n) is 1.50.